The Morgan fingerprint density at radius 1 is 1.44 bits per heavy atom. The SMILES string of the molecule is COC(=O)N1CCc2nc(C(C)(C)C)sc2C1=O. The topological polar surface area (TPSA) is 59.5 Å². The van der Waals surface area contributed by atoms with E-state index >= 15 is 0 Å². The van der Waals surface area contributed by atoms with Crippen molar-refractivity contribution in [2.75, 3.05) is 13.7 Å². The van der Waals surface area contributed by atoms with Crippen molar-refractivity contribution in [1.82, 2.24) is 9.88 Å². The van der Waals surface area contributed by atoms with Gasteiger partial charge in [-0.25, -0.2) is 14.7 Å². The van der Waals surface area contributed by atoms with Gasteiger partial charge >= 0.3 is 6.09 Å². The predicted molar refractivity (Wildman–Crippen MR) is 68.0 cm³/mol. The number of hydrogen-bond donors (Lipinski definition) is 0. The first kappa shape index (κ1) is 13.0. The zero-order chi connectivity index (χ0) is 13.5. The Bertz CT molecular complexity index is 502. The van der Waals surface area contributed by atoms with Gasteiger partial charge < -0.3 is 4.74 Å². The quantitative estimate of drug-likeness (QED) is 0.723. The summed E-state index contributed by atoms with van der Waals surface area (Å²) in [5.74, 6) is -0.295. The number of amides is 2. The molecule has 0 unspecified atom stereocenters. The number of nitrogens with zero attached hydrogens (tertiary/aromatic N) is 2. The molecule has 0 fully saturated rings. The summed E-state index contributed by atoms with van der Waals surface area (Å²) in [6.45, 7) is 6.51. The minimum Gasteiger partial charge on any atom is -0.452 e. The molecule has 0 spiro atoms. The summed E-state index contributed by atoms with van der Waals surface area (Å²) in [4.78, 5) is 29.8. The number of thiazole rings is 1. The van der Waals surface area contributed by atoms with Gasteiger partial charge in [-0.2, -0.15) is 0 Å². The number of aromatic nitrogens is 1. The van der Waals surface area contributed by atoms with E-state index in [2.05, 4.69) is 30.5 Å². The lowest BCUT2D eigenvalue weighted by Crippen LogP contribution is -2.41. The van der Waals surface area contributed by atoms with E-state index in [4.69, 9.17) is 0 Å². The van der Waals surface area contributed by atoms with E-state index < -0.39 is 6.09 Å². The molecule has 98 valence electrons. The van der Waals surface area contributed by atoms with Crippen molar-refractivity contribution in [2.24, 2.45) is 0 Å². The highest BCUT2D eigenvalue weighted by molar-refractivity contribution is 7.14. The molecule has 1 aliphatic rings. The van der Waals surface area contributed by atoms with Crippen molar-refractivity contribution in [3.05, 3.63) is 15.6 Å². The molecule has 0 saturated carbocycles. The lowest BCUT2D eigenvalue weighted by Gasteiger charge is -2.22. The van der Waals surface area contributed by atoms with Gasteiger partial charge in [-0.15, -0.1) is 11.3 Å². The van der Waals surface area contributed by atoms with Crippen molar-refractivity contribution in [2.45, 2.75) is 32.6 Å². The molecule has 18 heavy (non-hydrogen) atoms. The van der Waals surface area contributed by atoms with Crippen molar-refractivity contribution in [3.63, 3.8) is 0 Å². The lowest BCUT2D eigenvalue weighted by molar-refractivity contribution is 0.0696. The molecule has 0 N–H and O–H groups in total. The summed E-state index contributed by atoms with van der Waals surface area (Å²) in [5.41, 5.74) is 0.716. The molecule has 6 heteroatoms. The number of carbonyl (C=O) groups excluding carboxylic acids is 2. The van der Waals surface area contributed by atoms with E-state index in [0.29, 0.717) is 17.8 Å². The molecular formula is C12H16N2O3S. The zero-order valence-electron chi connectivity index (χ0n) is 10.9. The number of fused-ring (bicyclic) bond motifs is 1. The number of carbonyl (C=O) groups is 2. The molecule has 0 aliphatic carbocycles. The Hall–Kier alpha value is -1.43. The van der Waals surface area contributed by atoms with Gasteiger partial charge in [0.1, 0.15) is 4.88 Å². The molecule has 0 saturated heterocycles. The summed E-state index contributed by atoms with van der Waals surface area (Å²) in [7, 11) is 1.28. The number of methoxy groups -OCH3 is 1. The molecule has 0 radical (unpaired) electrons. The van der Waals surface area contributed by atoms with Crippen LogP contribution in [-0.2, 0) is 16.6 Å². The second kappa shape index (κ2) is 4.35. The molecule has 2 rings (SSSR count). The summed E-state index contributed by atoms with van der Waals surface area (Å²) >= 11 is 1.37. The Labute approximate surface area is 110 Å². The van der Waals surface area contributed by atoms with Crippen molar-refractivity contribution in [3.8, 4) is 0 Å². The van der Waals surface area contributed by atoms with Crippen molar-refractivity contribution in [1.29, 1.82) is 0 Å². The molecule has 1 aromatic rings. The van der Waals surface area contributed by atoms with Crippen molar-refractivity contribution < 1.29 is 14.3 Å². The van der Waals surface area contributed by atoms with Gasteiger partial charge in [0.2, 0.25) is 0 Å². The fourth-order valence-corrected chi connectivity index (χ4v) is 2.85. The maximum absolute atomic E-state index is 12.2. The Balaban J connectivity index is 2.36. The van der Waals surface area contributed by atoms with Crippen LogP contribution in [0.25, 0.3) is 0 Å². The molecular weight excluding hydrogens is 252 g/mol. The number of ether oxygens (including phenoxy) is 1. The van der Waals surface area contributed by atoms with Crippen LogP contribution in [0.5, 0.6) is 0 Å². The normalized spacial score (nSPS) is 15.6. The first-order valence-corrected chi connectivity index (χ1v) is 6.56. The molecule has 2 heterocycles. The average Bonchev–Trinajstić information content (AvgIpc) is 2.73. The molecule has 0 atom stereocenters. The van der Waals surface area contributed by atoms with Gasteiger partial charge in [-0.3, -0.25) is 4.79 Å². The number of imide groups is 1. The highest BCUT2D eigenvalue weighted by Crippen LogP contribution is 2.32. The first-order chi connectivity index (χ1) is 8.34. The van der Waals surface area contributed by atoms with Crippen LogP contribution >= 0.6 is 11.3 Å². The number of rotatable bonds is 0. The fourth-order valence-electron chi connectivity index (χ4n) is 1.74. The van der Waals surface area contributed by atoms with Gasteiger partial charge in [-0.05, 0) is 0 Å². The van der Waals surface area contributed by atoms with Crippen LogP contribution in [0, 0.1) is 0 Å². The predicted octanol–water partition coefficient (Wildman–Crippen LogP) is 2.21. The summed E-state index contributed by atoms with van der Waals surface area (Å²) in [6, 6.07) is 0. The third-order valence-electron chi connectivity index (χ3n) is 2.75. The molecule has 1 aromatic heterocycles. The Kier molecular flexibility index (Phi) is 3.14. The third-order valence-corrected chi connectivity index (χ3v) is 4.26. The maximum atomic E-state index is 12.2. The molecule has 0 bridgehead atoms. The smallest absolute Gasteiger partial charge is 0.416 e. The van der Waals surface area contributed by atoms with E-state index in [9.17, 15) is 9.59 Å². The molecule has 5 nitrogen and oxygen atoms in total. The van der Waals surface area contributed by atoms with E-state index in [1.807, 2.05) is 0 Å². The molecule has 2 amide bonds. The van der Waals surface area contributed by atoms with Crippen LogP contribution in [0.1, 0.15) is 41.1 Å². The lowest BCUT2D eigenvalue weighted by atomic mass is 9.98. The van der Waals surface area contributed by atoms with Crippen LogP contribution in [0.4, 0.5) is 4.79 Å². The summed E-state index contributed by atoms with van der Waals surface area (Å²) in [5, 5.41) is 0.924. The van der Waals surface area contributed by atoms with Gasteiger partial charge in [-0.1, -0.05) is 20.8 Å². The fraction of sp³-hybridized carbons (Fsp3) is 0.583. The second-order valence-corrected chi connectivity index (χ2v) is 6.22. The standard InChI is InChI=1S/C12H16N2O3S/c1-12(2,3)10-13-7-5-6-14(11(16)17-4)9(15)8(7)18-10/h5-6H2,1-4H3. The summed E-state index contributed by atoms with van der Waals surface area (Å²) < 4.78 is 4.60. The van der Waals surface area contributed by atoms with Crippen LogP contribution < -0.4 is 0 Å². The zero-order valence-corrected chi connectivity index (χ0v) is 11.8. The molecule has 0 aromatic carbocycles. The van der Waals surface area contributed by atoms with Crippen LogP contribution in [-0.4, -0.2) is 35.5 Å². The average molecular weight is 268 g/mol. The van der Waals surface area contributed by atoms with Crippen LogP contribution in [0.2, 0.25) is 0 Å². The highest BCUT2D eigenvalue weighted by Gasteiger charge is 2.34. The monoisotopic (exact) mass is 268 g/mol. The van der Waals surface area contributed by atoms with E-state index in [-0.39, 0.29) is 11.3 Å². The Morgan fingerprint density at radius 3 is 2.67 bits per heavy atom. The van der Waals surface area contributed by atoms with E-state index in [0.717, 1.165) is 15.6 Å². The highest BCUT2D eigenvalue weighted by atomic mass is 32.1. The maximum Gasteiger partial charge on any atom is 0.416 e. The number of hydrogen-bond acceptors (Lipinski definition) is 5. The second-order valence-electron chi connectivity index (χ2n) is 5.22. The van der Waals surface area contributed by atoms with Crippen molar-refractivity contribution >= 4 is 23.3 Å². The third kappa shape index (κ3) is 2.12. The van der Waals surface area contributed by atoms with Gasteiger partial charge in [0.25, 0.3) is 5.91 Å². The minimum atomic E-state index is -0.601. The van der Waals surface area contributed by atoms with E-state index in [1.54, 1.807) is 0 Å². The van der Waals surface area contributed by atoms with E-state index in [1.165, 1.54) is 18.4 Å². The first-order valence-electron chi connectivity index (χ1n) is 5.74. The minimum absolute atomic E-state index is 0.0849. The van der Waals surface area contributed by atoms with Gasteiger partial charge in [0.05, 0.1) is 17.8 Å². The van der Waals surface area contributed by atoms with Crippen LogP contribution in [0.3, 0.4) is 0 Å². The molecule has 1 aliphatic heterocycles. The summed E-state index contributed by atoms with van der Waals surface area (Å²) in [6.07, 6.45) is -0.000640. The van der Waals surface area contributed by atoms with Gasteiger partial charge in [0, 0.05) is 18.4 Å². The largest absolute Gasteiger partial charge is 0.452 e. The van der Waals surface area contributed by atoms with Gasteiger partial charge in [0.15, 0.2) is 0 Å². The Morgan fingerprint density at radius 2 is 2.11 bits per heavy atom. The van der Waals surface area contributed by atoms with Crippen LogP contribution in [0.15, 0.2) is 0 Å².